The monoisotopic (exact) mass is 311 g/mol. The van der Waals surface area contributed by atoms with Crippen molar-refractivity contribution in [3.63, 3.8) is 0 Å². The fourth-order valence-corrected chi connectivity index (χ4v) is 2.51. The topological polar surface area (TPSA) is 46.8 Å². The Kier molecular flexibility index (Phi) is 4.06. The Morgan fingerprint density at radius 2 is 2.09 bits per heavy atom. The van der Waals surface area contributed by atoms with E-state index in [9.17, 15) is 4.39 Å². The summed E-state index contributed by atoms with van der Waals surface area (Å²) in [4.78, 5) is 10.8. The summed E-state index contributed by atoms with van der Waals surface area (Å²) in [6, 6.07) is 8.41. The SMILES string of the molecule is Cc1nn(C)cc1-c1ccnc(N(C)Cc2cccc(F)c2)n1. The first kappa shape index (κ1) is 15.1. The van der Waals surface area contributed by atoms with E-state index in [2.05, 4.69) is 15.1 Å². The van der Waals surface area contributed by atoms with E-state index in [-0.39, 0.29) is 5.82 Å². The van der Waals surface area contributed by atoms with Gasteiger partial charge >= 0.3 is 0 Å². The lowest BCUT2D eigenvalue weighted by molar-refractivity contribution is 0.625. The molecule has 1 aromatic carbocycles. The first-order valence-electron chi connectivity index (χ1n) is 7.32. The lowest BCUT2D eigenvalue weighted by Gasteiger charge is -2.17. The van der Waals surface area contributed by atoms with Crippen LogP contribution in [0.15, 0.2) is 42.7 Å². The van der Waals surface area contributed by atoms with Crippen LogP contribution in [0.4, 0.5) is 10.3 Å². The van der Waals surface area contributed by atoms with Crippen molar-refractivity contribution in [3.8, 4) is 11.3 Å². The summed E-state index contributed by atoms with van der Waals surface area (Å²) in [6.45, 7) is 2.49. The number of aryl methyl sites for hydroxylation is 2. The van der Waals surface area contributed by atoms with Crippen LogP contribution in [-0.4, -0.2) is 26.8 Å². The van der Waals surface area contributed by atoms with Gasteiger partial charge in [-0.1, -0.05) is 12.1 Å². The molecule has 23 heavy (non-hydrogen) atoms. The number of benzene rings is 1. The summed E-state index contributed by atoms with van der Waals surface area (Å²) in [5, 5.41) is 4.34. The largest absolute Gasteiger partial charge is 0.340 e. The molecule has 0 spiro atoms. The maximum atomic E-state index is 13.3. The van der Waals surface area contributed by atoms with E-state index >= 15 is 0 Å². The Balaban J connectivity index is 1.86. The molecule has 0 unspecified atom stereocenters. The Hall–Kier alpha value is -2.76. The molecule has 0 aliphatic rings. The molecule has 5 nitrogen and oxygen atoms in total. The lowest BCUT2D eigenvalue weighted by Crippen LogP contribution is -2.19. The Labute approximate surface area is 134 Å². The van der Waals surface area contributed by atoms with E-state index in [1.165, 1.54) is 12.1 Å². The fraction of sp³-hybridized carbons (Fsp3) is 0.235. The molecule has 0 amide bonds. The van der Waals surface area contributed by atoms with Gasteiger partial charge in [-0.05, 0) is 30.7 Å². The Morgan fingerprint density at radius 1 is 1.26 bits per heavy atom. The summed E-state index contributed by atoms with van der Waals surface area (Å²) < 4.78 is 15.1. The number of nitrogens with zero attached hydrogens (tertiary/aromatic N) is 5. The first-order chi connectivity index (χ1) is 11.0. The number of rotatable bonds is 4. The summed E-state index contributed by atoms with van der Waals surface area (Å²) in [5.74, 6) is 0.353. The molecule has 2 aromatic heterocycles. The predicted octanol–water partition coefficient (Wildman–Crippen LogP) is 2.96. The van der Waals surface area contributed by atoms with Gasteiger partial charge in [-0.3, -0.25) is 4.68 Å². The Morgan fingerprint density at radius 3 is 2.78 bits per heavy atom. The van der Waals surface area contributed by atoms with Gasteiger partial charge < -0.3 is 4.90 Å². The van der Waals surface area contributed by atoms with Gasteiger partial charge in [0, 0.05) is 38.6 Å². The van der Waals surface area contributed by atoms with Crippen molar-refractivity contribution in [2.45, 2.75) is 13.5 Å². The third-order valence-corrected chi connectivity index (χ3v) is 3.58. The molecule has 0 fully saturated rings. The van der Waals surface area contributed by atoms with Crippen molar-refractivity contribution in [1.82, 2.24) is 19.7 Å². The van der Waals surface area contributed by atoms with Crippen molar-refractivity contribution in [2.24, 2.45) is 7.05 Å². The molecule has 0 atom stereocenters. The second kappa shape index (κ2) is 6.16. The molecule has 118 valence electrons. The standard InChI is InChI=1S/C17H18FN5/c1-12-15(11-23(3)21-12)16-7-8-19-17(20-16)22(2)10-13-5-4-6-14(18)9-13/h4-9,11H,10H2,1-3H3. The molecular formula is C17H18FN5. The molecule has 3 aromatic rings. The molecule has 0 aliphatic heterocycles. The second-order valence-electron chi connectivity index (χ2n) is 5.53. The maximum Gasteiger partial charge on any atom is 0.225 e. The highest BCUT2D eigenvalue weighted by Crippen LogP contribution is 2.22. The van der Waals surface area contributed by atoms with Crippen LogP contribution >= 0.6 is 0 Å². The smallest absolute Gasteiger partial charge is 0.225 e. The number of halogens is 1. The van der Waals surface area contributed by atoms with E-state index in [1.807, 2.05) is 44.2 Å². The highest BCUT2D eigenvalue weighted by atomic mass is 19.1. The molecule has 3 rings (SSSR count). The van der Waals surface area contributed by atoms with Crippen molar-refractivity contribution < 1.29 is 4.39 Å². The van der Waals surface area contributed by atoms with Gasteiger partial charge in [0.15, 0.2) is 0 Å². The summed E-state index contributed by atoms with van der Waals surface area (Å²) in [7, 11) is 3.77. The van der Waals surface area contributed by atoms with Crippen LogP contribution in [0.3, 0.4) is 0 Å². The van der Waals surface area contributed by atoms with Crippen LogP contribution in [0.5, 0.6) is 0 Å². The average Bonchev–Trinajstić information content (AvgIpc) is 2.86. The van der Waals surface area contributed by atoms with Crippen LogP contribution in [0.2, 0.25) is 0 Å². The second-order valence-corrected chi connectivity index (χ2v) is 5.53. The highest BCUT2D eigenvalue weighted by Gasteiger charge is 2.11. The zero-order chi connectivity index (χ0) is 16.4. The number of hydrogen-bond acceptors (Lipinski definition) is 4. The van der Waals surface area contributed by atoms with E-state index in [4.69, 9.17) is 0 Å². The summed E-state index contributed by atoms with van der Waals surface area (Å²) >= 11 is 0. The minimum Gasteiger partial charge on any atom is -0.340 e. The molecule has 0 saturated carbocycles. The minimum atomic E-state index is -0.239. The molecule has 0 saturated heterocycles. The van der Waals surface area contributed by atoms with Gasteiger partial charge in [0.2, 0.25) is 5.95 Å². The van der Waals surface area contributed by atoms with Crippen LogP contribution in [-0.2, 0) is 13.6 Å². The van der Waals surface area contributed by atoms with Gasteiger partial charge in [0.25, 0.3) is 0 Å². The third-order valence-electron chi connectivity index (χ3n) is 3.58. The van der Waals surface area contributed by atoms with E-state index in [0.29, 0.717) is 12.5 Å². The van der Waals surface area contributed by atoms with Crippen molar-refractivity contribution >= 4 is 5.95 Å². The van der Waals surface area contributed by atoms with Crippen molar-refractivity contribution in [1.29, 1.82) is 0 Å². The molecular weight excluding hydrogens is 293 g/mol. The molecule has 2 heterocycles. The van der Waals surface area contributed by atoms with E-state index in [0.717, 1.165) is 22.5 Å². The van der Waals surface area contributed by atoms with Gasteiger partial charge in [-0.25, -0.2) is 14.4 Å². The van der Waals surface area contributed by atoms with Crippen LogP contribution < -0.4 is 4.90 Å². The van der Waals surface area contributed by atoms with Gasteiger partial charge in [0.1, 0.15) is 5.82 Å². The van der Waals surface area contributed by atoms with Gasteiger partial charge in [-0.2, -0.15) is 5.10 Å². The Bertz CT molecular complexity index is 827. The van der Waals surface area contributed by atoms with E-state index < -0.39 is 0 Å². The zero-order valence-electron chi connectivity index (χ0n) is 13.4. The van der Waals surface area contributed by atoms with Crippen molar-refractivity contribution in [2.75, 3.05) is 11.9 Å². The van der Waals surface area contributed by atoms with Crippen molar-refractivity contribution in [3.05, 3.63) is 59.8 Å². The van der Waals surface area contributed by atoms with Crippen LogP contribution in [0, 0.1) is 12.7 Å². The fourth-order valence-electron chi connectivity index (χ4n) is 2.51. The molecule has 0 bridgehead atoms. The number of hydrogen-bond donors (Lipinski definition) is 0. The summed E-state index contributed by atoms with van der Waals surface area (Å²) in [6.07, 6.45) is 3.67. The molecule has 0 N–H and O–H groups in total. The maximum absolute atomic E-state index is 13.3. The summed E-state index contributed by atoms with van der Waals surface area (Å²) in [5.41, 5.74) is 3.60. The predicted molar refractivity (Wildman–Crippen MR) is 87.5 cm³/mol. The van der Waals surface area contributed by atoms with Crippen LogP contribution in [0.25, 0.3) is 11.3 Å². The third kappa shape index (κ3) is 3.36. The average molecular weight is 311 g/mol. The lowest BCUT2D eigenvalue weighted by atomic mass is 10.2. The number of aromatic nitrogens is 4. The molecule has 6 heteroatoms. The van der Waals surface area contributed by atoms with Gasteiger partial charge in [0.05, 0.1) is 11.4 Å². The van der Waals surface area contributed by atoms with Gasteiger partial charge in [-0.15, -0.1) is 0 Å². The zero-order valence-corrected chi connectivity index (χ0v) is 13.4. The molecule has 0 radical (unpaired) electrons. The quantitative estimate of drug-likeness (QED) is 0.743. The molecule has 0 aliphatic carbocycles. The van der Waals surface area contributed by atoms with Crippen LogP contribution in [0.1, 0.15) is 11.3 Å². The highest BCUT2D eigenvalue weighted by molar-refractivity contribution is 5.61. The number of anilines is 1. The first-order valence-corrected chi connectivity index (χ1v) is 7.32. The normalized spacial score (nSPS) is 10.8. The minimum absolute atomic E-state index is 0.239. The van der Waals surface area contributed by atoms with E-state index in [1.54, 1.807) is 16.9 Å².